The number of carbonyl (C=O) groups is 2. The predicted octanol–water partition coefficient (Wildman–Crippen LogP) is 1.64. The van der Waals surface area contributed by atoms with Crippen LogP contribution in [0.25, 0.3) is 0 Å². The van der Waals surface area contributed by atoms with Gasteiger partial charge < -0.3 is 26.4 Å². The lowest BCUT2D eigenvalue weighted by atomic mass is 9.90. The molecule has 2 aliphatic rings. The molecule has 2 heterocycles. The number of halogens is 1. The highest BCUT2D eigenvalue weighted by Gasteiger charge is 2.36. The van der Waals surface area contributed by atoms with Gasteiger partial charge in [0, 0.05) is 32.0 Å². The summed E-state index contributed by atoms with van der Waals surface area (Å²) in [5.74, 6) is -0.676. The fourth-order valence-corrected chi connectivity index (χ4v) is 3.43. The van der Waals surface area contributed by atoms with Gasteiger partial charge >= 0.3 is 0 Å². The lowest BCUT2D eigenvalue weighted by Crippen LogP contribution is -2.54. The van der Waals surface area contributed by atoms with E-state index in [-0.39, 0.29) is 18.3 Å². The highest BCUT2D eigenvalue weighted by atomic mass is 35.5. The van der Waals surface area contributed by atoms with Crippen molar-refractivity contribution in [2.75, 3.05) is 36.5 Å². The van der Waals surface area contributed by atoms with Crippen LogP contribution in [0.5, 0.6) is 0 Å². The number of nitrogens with one attached hydrogen (secondary N) is 1. The molecule has 3 rings (SSSR count). The first-order chi connectivity index (χ1) is 12.0. The van der Waals surface area contributed by atoms with Crippen LogP contribution in [-0.4, -0.2) is 43.7 Å². The van der Waals surface area contributed by atoms with Crippen LogP contribution in [0.4, 0.5) is 11.4 Å². The monoisotopic (exact) mass is 382 g/mol. The van der Waals surface area contributed by atoms with Gasteiger partial charge in [0.1, 0.15) is 5.54 Å². The first-order valence-electron chi connectivity index (χ1n) is 8.86. The normalized spacial score (nSPS) is 19.3. The Bertz CT molecular complexity index is 656. The second-order valence-electron chi connectivity index (χ2n) is 6.87. The summed E-state index contributed by atoms with van der Waals surface area (Å²) in [6.07, 6.45) is 4.35. The van der Waals surface area contributed by atoms with Crippen molar-refractivity contribution in [3.8, 4) is 0 Å². The molecular formula is C18H27ClN4O3. The van der Waals surface area contributed by atoms with Gasteiger partial charge in [0.2, 0.25) is 5.91 Å². The molecule has 2 saturated heterocycles. The Morgan fingerprint density at radius 2 is 1.77 bits per heavy atom. The van der Waals surface area contributed by atoms with Gasteiger partial charge in [-0.25, -0.2) is 0 Å². The summed E-state index contributed by atoms with van der Waals surface area (Å²) in [4.78, 5) is 26.5. The van der Waals surface area contributed by atoms with Crippen molar-refractivity contribution in [2.45, 2.75) is 37.6 Å². The summed E-state index contributed by atoms with van der Waals surface area (Å²) in [5.41, 5.74) is 12.7. The van der Waals surface area contributed by atoms with E-state index in [1.165, 1.54) is 6.42 Å². The minimum atomic E-state index is -0.911. The molecule has 0 bridgehead atoms. The fraction of sp³-hybridized carbons (Fsp3) is 0.556. The molecular weight excluding hydrogens is 356 g/mol. The molecule has 144 valence electrons. The van der Waals surface area contributed by atoms with E-state index in [2.05, 4.69) is 10.2 Å². The number of rotatable bonds is 4. The van der Waals surface area contributed by atoms with Gasteiger partial charge in [-0.2, -0.15) is 0 Å². The Morgan fingerprint density at radius 1 is 1.12 bits per heavy atom. The number of hydrogen-bond acceptors (Lipinski definition) is 5. The first kappa shape index (κ1) is 20.5. The van der Waals surface area contributed by atoms with Gasteiger partial charge in [-0.3, -0.25) is 9.59 Å². The fourth-order valence-electron chi connectivity index (χ4n) is 3.43. The van der Waals surface area contributed by atoms with Gasteiger partial charge in [-0.15, -0.1) is 12.4 Å². The van der Waals surface area contributed by atoms with Crippen LogP contribution in [0.3, 0.4) is 0 Å². The maximum Gasteiger partial charge on any atom is 0.250 e. The molecule has 2 amide bonds. The number of amides is 2. The zero-order valence-electron chi connectivity index (χ0n) is 14.8. The second kappa shape index (κ2) is 8.70. The molecule has 2 fully saturated rings. The zero-order valence-corrected chi connectivity index (χ0v) is 15.6. The summed E-state index contributed by atoms with van der Waals surface area (Å²) in [7, 11) is 0. The van der Waals surface area contributed by atoms with Gasteiger partial charge in [-0.05, 0) is 50.3 Å². The third kappa shape index (κ3) is 4.47. The molecule has 2 aliphatic heterocycles. The number of hydrogen-bond donors (Lipinski definition) is 3. The summed E-state index contributed by atoms with van der Waals surface area (Å²) in [6, 6.07) is 5.20. The summed E-state index contributed by atoms with van der Waals surface area (Å²) in [6.45, 7) is 2.75. The second-order valence-corrected chi connectivity index (χ2v) is 6.87. The molecule has 0 spiro atoms. The third-order valence-electron chi connectivity index (χ3n) is 5.06. The maximum atomic E-state index is 12.6. The highest BCUT2D eigenvalue weighted by Crippen LogP contribution is 2.28. The van der Waals surface area contributed by atoms with Crippen LogP contribution in [0, 0.1) is 0 Å². The molecule has 5 N–H and O–H groups in total. The van der Waals surface area contributed by atoms with Crippen LogP contribution in [0.2, 0.25) is 0 Å². The van der Waals surface area contributed by atoms with Crippen molar-refractivity contribution >= 4 is 35.6 Å². The SMILES string of the molecule is Cl.NC(=O)c1ccc(NC(=O)C2(N)CCOCC2)cc1N1CCCCC1. The predicted molar refractivity (Wildman–Crippen MR) is 104 cm³/mol. The van der Waals surface area contributed by atoms with Crippen LogP contribution in [-0.2, 0) is 9.53 Å². The van der Waals surface area contributed by atoms with Crippen molar-refractivity contribution in [1.82, 2.24) is 0 Å². The number of benzene rings is 1. The summed E-state index contributed by atoms with van der Waals surface area (Å²) in [5, 5.41) is 2.90. The Balaban J connectivity index is 0.00000243. The van der Waals surface area contributed by atoms with Gasteiger partial charge in [0.15, 0.2) is 0 Å². The van der Waals surface area contributed by atoms with Crippen molar-refractivity contribution < 1.29 is 14.3 Å². The van der Waals surface area contributed by atoms with Gasteiger partial charge in [0.25, 0.3) is 5.91 Å². The molecule has 0 aliphatic carbocycles. The zero-order chi connectivity index (χ0) is 17.9. The van der Waals surface area contributed by atoms with E-state index in [1.807, 2.05) is 6.07 Å². The summed E-state index contributed by atoms with van der Waals surface area (Å²) >= 11 is 0. The highest BCUT2D eigenvalue weighted by molar-refractivity contribution is 6.02. The number of nitrogens with zero attached hydrogens (tertiary/aromatic N) is 1. The topological polar surface area (TPSA) is 111 Å². The number of anilines is 2. The van der Waals surface area contributed by atoms with E-state index < -0.39 is 11.4 Å². The van der Waals surface area contributed by atoms with Gasteiger partial charge in [0.05, 0.1) is 11.3 Å². The average molecular weight is 383 g/mol. The number of ether oxygens (including phenoxy) is 1. The standard InChI is InChI=1S/C18H26N4O3.ClH/c19-16(23)14-5-4-13(12-15(14)22-8-2-1-3-9-22)21-17(24)18(20)6-10-25-11-7-18;/h4-5,12H,1-3,6-11,20H2,(H2,19,23)(H,21,24);1H. The molecule has 0 radical (unpaired) electrons. The summed E-state index contributed by atoms with van der Waals surface area (Å²) < 4.78 is 5.29. The Morgan fingerprint density at radius 3 is 2.38 bits per heavy atom. The number of nitrogens with two attached hydrogens (primary N) is 2. The third-order valence-corrected chi connectivity index (χ3v) is 5.06. The van der Waals surface area contributed by atoms with Crippen LogP contribution < -0.4 is 21.7 Å². The molecule has 26 heavy (non-hydrogen) atoms. The van der Waals surface area contributed by atoms with Crippen LogP contribution in [0.1, 0.15) is 42.5 Å². The Hall–Kier alpha value is -1.83. The molecule has 0 aromatic heterocycles. The minimum Gasteiger partial charge on any atom is -0.381 e. The Labute approximate surface area is 159 Å². The number of primary amides is 1. The molecule has 8 heteroatoms. The minimum absolute atomic E-state index is 0. The van der Waals surface area contributed by atoms with E-state index in [1.54, 1.807) is 12.1 Å². The average Bonchev–Trinajstić information content (AvgIpc) is 2.63. The van der Waals surface area contributed by atoms with Crippen LogP contribution >= 0.6 is 12.4 Å². The van der Waals surface area contributed by atoms with E-state index in [0.29, 0.717) is 37.3 Å². The van der Waals surface area contributed by atoms with Crippen molar-refractivity contribution in [3.63, 3.8) is 0 Å². The largest absolute Gasteiger partial charge is 0.381 e. The molecule has 0 atom stereocenters. The molecule has 0 unspecified atom stereocenters. The molecule has 0 saturated carbocycles. The Kier molecular flexibility index (Phi) is 6.86. The number of piperidine rings is 1. The molecule has 1 aromatic rings. The molecule has 1 aromatic carbocycles. The van der Waals surface area contributed by atoms with E-state index in [9.17, 15) is 9.59 Å². The van der Waals surface area contributed by atoms with E-state index >= 15 is 0 Å². The number of carbonyl (C=O) groups excluding carboxylic acids is 2. The van der Waals surface area contributed by atoms with Crippen molar-refractivity contribution in [2.24, 2.45) is 11.5 Å². The molecule has 7 nitrogen and oxygen atoms in total. The van der Waals surface area contributed by atoms with Crippen LogP contribution in [0.15, 0.2) is 18.2 Å². The van der Waals surface area contributed by atoms with E-state index in [4.69, 9.17) is 16.2 Å². The maximum absolute atomic E-state index is 12.6. The lowest BCUT2D eigenvalue weighted by molar-refractivity contribution is -0.124. The van der Waals surface area contributed by atoms with Crippen molar-refractivity contribution in [1.29, 1.82) is 0 Å². The quantitative estimate of drug-likeness (QED) is 0.733. The lowest BCUT2D eigenvalue weighted by Gasteiger charge is -2.32. The van der Waals surface area contributed by atoms with Gasteiger partial charge in [-0.1, -0.05) is 0 Å². The first-order valence-corrected chi connectivity index (χ1v) is 8.86. The van der Waals surface area contributed by atoms with Crippen molar-refractivity contribution in [3.05, 3.63) is 23.8 Å². The smallest absolute Gasteiger partial charge is 0.250 e. The van der Waals surface area contributed by atoms with E-state index in [0.717, 1.165) is 31.6 Å².